The van der Waals surface area contributed by atoms with Crippen molar-refractivity contribution in [2.24, 2.45) is 46.3 Å². The Hall–Kier alpha value is -0.160. The third-order valence-electron chi connectivity index (χ3n) is 10.7. The summed E-state index contributed by atoms with van der Waals surface area (Å²) in [6, 6.07) is 0. The van der Waals surface area contributed by atoms with Gasteiger partial charge in [0, 0.05) is 27.4 Å². The molecule has 0 heterocycles. The van der Waals surface area contributed by atoms with Crippen molar-refractivity contribution in [2.75, 3.05) is 27.4 Å². The predicted octanol–water partition coefficient (Wildman–Crippen LogP) is 5.69. The Bertz CT molecular complexity index is 582. The molecule has 0 saturated heterocycles. The van der Waals surface area contributed by atoms with Crippen LogP contribution in [0.15, 0.2) is 0 Å². The maximum atomic E-state index is 10.1. The maximum absolute atomic E-state index is 10.1. The third kappa shape index (κ3) is 4.95. The summed E-state index contributed by atoms with van der Waals surface area (Å²) in [4.78, 5) is 0. The molecule has 32 heavy (non-hydrogen) atoms. The highest BCUT2D eigenvalue weighted by molar-refractivity contribution is 5.02. The topological polar surface area (TPSA) is 58.9 Å². The fourth-order valence-electron chi connectivity index (χ4n) is 9.01. The van der Waals surface area contributed by atoms with Crippen LogP contribution < -0.4 is 0 Å². The van der Waals surface area contributed by atoms with Crippen LogP contribution in [-0.2, 0) is 9.47 Å². The fourth-order valence-corrected chi connectivity index (χ4v) is 9.01. The average molecular weight is 453 g/mol. The highest BCUT2D eigenvalue weighted by atomic mass is 16.5. The first-order chi connectivity index (χ1) is 15.2. The van der Waals surface area contributed by atoms with Gasteiger partial charge in [0.25, 0.3) is 0 Å². The fraction of sp³-hybridized carbons (Fsp3) is 1.00. The molecule has 4 heteroatoms. The molecule has 0 radical (unpaired) electrons. The number of rotatable bonds is 6. The van der Waals surface area contributed by atoms with Gasteiger partial charge in [-0.1, -0.05) is 40.5 Å². The van der Waals surface area contributed by atoms with Crippen LogP contribution in [-0.4, -0.2) is 49.9 Å². The molecule has 0 spiro atoms. The Kier molecular flexibility index (Phi) is 9.14. The summed E-state index contributed by atoms with van der Waals surface area (Å²) in [5.41, 5.74) is 0.788. The van der Waals surface area contributed by atoms with E-state index in [1.165, 1.54) is 44.9 Å². The zero-order valence-corrected chi connectivity index (χ0v) is 21.8. The minimum atomic E-state index is -0.0837. The first-order valence-corrected chi connectivity index (χ1v) is 13.5. The van der Waals surface area contributed by atoms with E-state index in [1.54, 1.807) is 0 Å². The molecule has 4 aliphatic carbocycles. The molecule has 4 rings (SSSR count). The minimum absolute atomic E-state index is 0.0837. The first kappa shape index (κ1) is 26.4. The molecule has 4 aliphatic rings. The van der Waals surface area contributed by atoms with Crippen molar-refractivity contribution in [3.63, 3.8) is 0 Å². The molecule has 0 aromatic rings. The second-order valence-electron chi connectivity index (χ2n) is 12.3. The van der Waals surface area contributed by atoms with Gasteiger partial charge in [0.2, 0.25) is 0 Å². The molecule has 0 amide bonds. The number of hydrogen-bond acceptors (Lipinski definition) is 4. The van der Waals surface area contributed by atoms with Gasteiger partial charge in [0.1, 0.15) is 0 Å². The van der Waals surface area contributed by atoms with Crippen molar-refractivity contribution in [1.82, 2.24) is 0 Å². The van der Waals surface area contributed by atoms with Gasteiger partial charge in [0.15, 0.2) is 0 Å². The van der Waals surface area contributed by atoms with E-state index in [9.17, 15) is 10.2 Å². The van der Waals surface area contributed by atoms with Gasteiger partial charge in [-0.2, -0.15) is 0 Å². The van der Waals surface area contributed by atoms with E-state index in [0.717, 1.165) is 37.7 Å². The normalized spacial score (nSPS) is 45.4. The van der Waals surface area contributed by atoms with Crippen LogP contribution in [0.4, 0.5) is 0 Å². The largest absolute Gasteiger partial charge is 0.396 e. The third-order valence-corrected chi connectivity index (χ3v) is 10.7. The van der Waals surface area contributed by atoms with Gasteiger partial charge in [-0.05, 0) is 97.7 Å². The number of ether oxygens (including phenoxy) is 2. The van der Waals surface area contributed by atoms with E-state index in [-0.39, 0.29) is 6.10 Å². The quantitative estimate of drug-likeness (QED) is 0.543. The molecule has 2 N–H and O–H groups in total. The van der Waals surface area contributed by atoms with Gasteiger partial charge in [-0.15, -0.1) is 0 Å². The number of fused-ring (bicyclic) bond motifs is 2. The Morgan fingerprint density at radius 2 is 1.38 bits per heavy atom. The Balaban J connectivity index is 0.000000182. The summed E-state index contributed by atoms with van der Waals surface area (Å²) in [7, 11) is 3.71. The van der Waals surface area contributed by atoms with Crippen LogP contribution in [0.5, 0.6) is 0 Å². The zero-order chi connectivity index (χ0) is 23.5. The van der Waals surface area contributed by atoms with Crippen LogP contribution in [0.1, 0.15) is 91.9 Å². The monoisotopic (exact) mass is 452 g/mol. The summed E-state index contributed by atoms with van der Waals surface area (Å²) < 4.78 is 11.1. The summed E-state index contributed by atoms with van der Waals surface area (Å²) in [5, 5.41) is 19.4. The molecule has 4 saturated carbocycles. The second-order valence-corrected chi connectivity index (χ2v) is 12.3. The molecular weight excluding hydrogens is 400 g/mol. The van der Waals surface area contributed by atoms with E-state index < -0.39 is 0 Å². The maximum Gasteiger partial charge on any atom is 0.0604 e. The Labute approximate surface area is 197 Å². The van der Waals surface area contributed by atoms with Crippen LogP contribution in [0.25, 0.3) is 0 Å². The minimum Gasteiger partial charge on any atom is -0.396 e. The van der Waals surface area contributed by atoms with Crippen LogP contribution in [0.3, 0.4) is 0 Å². The van der Waals surface area contributed by atoms with Gasteiger partial charge in [-0.3, -0.25) is 0 Å². The molecule has 0 aliphatic heterocycles. The molecule has 4 nitrogen and oxygen atoms in total. The lowest BCUT2D eigenvalue weighted by atomic mass is 9.62. The van der Waals surface area contributed by atoms with Crippen molar-refractivity contribution in [3.8, 4) is 0 Å². The lowest BCUT2D eigenvalue weighted by Crippen LogP contribution is -2.42. The van der Waals surface area contributed by atoms with Crippen LogP contribution in [0, 0.1) is 46.3 Å². The molecule has 0 aromatic carbocycles. The van der Waals surface area contributed by atoms with Crippen LogP contribution >= 0.6 is 0 Å². The lowest BCUT2D eigenvalue weighted by molar-refractivity contribution is -0.0546. The number of methoxy groups -OCH3 is 2. The van der Waals surface area contributed by atoms with Crippen molar-refractivity contribution >= 4 is 0 Å². The second kappa shape index (κ2) is 11.1. The van der Waals surface area contributed by atoms with E-state index in [0.29, 0.717) is 47.2 Å². The van der Waals surface area contributed by atoms with Crippen LogP contribution in [0.2, 0.25) is 0 Å². The average Bonchev–Trinajstić information content (AvgIpc) is 3.31. The van der Waals surface area contributed by atoms with Crippen molar-refractivity contribution in [1.29, 1.82) is 0 Å². The molecule has 4 fully saturated rings. The highest BCUT2D eigenvalue weighted by Crippen LogP contribution is 2.59. The van der Waals surface area contributed by atoms with E-state index in [4.69, 9.17) is 9.47 Å². The lowest BCUT2D eigenvalue weighted by Gasteiger charge is -2.46. The van der Waals surface area contributed by atoms with E-state index in [2.05, 4.69) is 27.7 Å². The SMILES string of the molecule is COC[C@H](C)C1CCC2C(OC)CCCC21C.C[C@@H](CO)C1CCC2C(O)CCCC21C. The Morgan fingerprint density at radius 3 is 1.97 bits per heavy atom. The van der Waals surface area contributed by atoms with Gasteiger partial charge in [-0.25, -0.2) is 0 Å². The number of hydrogen-bond donors (Lipinski definition) is 2. The zero-order valence-electron chi connectivity index (χ0n) is 21.8. The summed E-state index contributed by atoms with van der Waals surface area (Å²) >= 11 is 0. The first-order valence-electron chi connectivity index (χ1n) is 13.5. The van der Waals surface area contributed by atoms with Crippen molar-refractivity contribution in [2.45, 2.75) is 104 Å². The number of aliphatic hydroxyl groups excluding tert-OH is 2. The number of aliphatic hydroxyl groups is 2. The predicted molar refractivity (Wildman–Crippen MR) is 130 cm³/mol. The van der Waals surface area contributed by atoms with Crippen molar-refractivity contribution < 1.29 is 19.7 Å². The van der Waals surface area contributed by atoms with Crippen molar-refractivity contribution in [3.05, 3.63) is 0 Å². The Morgan fingerprint density at radius 1 is 0.812 bits per heavy atom. The molecule has 8 unspecified atom stereocenters. The molecular formula is C28H52O4. The molecule has 10 atom stereocenters. The standard InChI is InChI=1S/C15H28O2.C13H24O2/c1-11(10-16-3)12-7-8-13-14(17-4)6-5-9-15(12,13)2;1-9(8-14)10-5-6-11-12(15)4-3-7-13(10,11)2/h11-14H,5-10H2,1-4H3;9-12,14-15H,3-8H2,1-2H3/t11-,12?,13?,14?,15?;9-,10?,11?,12?,13?/m00/s1. The van der Waals surface area contributed by atoms with E-state index >= 15 is 0 Å². The summed E-state index contributed by atoms with van der Waals surface area (Å²) in [5.74, 6) is 3.79. The summed E-state index contributed by atoms with van der Waals surface area (Å²) in [6.45, 7) is 10.6. The molecule has 0 bridgehead atoms. The molecule has 0 aromatic heterocycles. The molecule has 188 valence electrons. The smallest absolute Gasteiger partial charge is 0.0604 e. The van der Waals surface area contributed by atoms with E-state index in [1.807, 2.05) is 14.2 Å². The summed E-state index contributed by atoms with van der Waals surface area (Å²) in [6.07, 6.45) is 12.9. The van der Waals surface area contributed by atoms with Gasteiger partial charge >= 0.3 is 0 Å². The highest BCUT2D eigenvalue weighted by Gasteiger charge is 2.53. The van der Waals surface area contributed by atoms with Gasteiger partial charge < -0.3 is 19.7 Å². The van der Waals surface area contributed by atoms with Gasteiger partial charge in [0.05, 0.1) is 12.2 Å².